The van der Waals surface area contributed by atoms with Gasteiger partial charge in [-0.05, 0) is 50.7 Å². The Hall–Kier alpha value is -2.40. The molecular formula is C24H27N3OS. The summed E-state index contributed by atoms with van der Waals surface area (Å²) in [6.07, 6.45) is 3.26. The molecule has 1 aliphatic rings. The normalized spacial score (nSPS) is 16.1. The van der Waals surface area contributed by atoms with Gasteiger partial charge in [0.15, 0.2) is 0 Å². The van der Waals surface area contributed by atoms with Crippen LogP contribution in [0.15, 0.2) is 59.6 Å². The zero-order valence-corrected chi connectivity index (χ0v) is 17.9. The maximum Gasteiger partial charge on any atom is 0.235 e. The number of amides is 1. The third-order valence-electron chi connectivity index (χ3n) is 5.61. The van der Waals surface area contributed by atoms with E-state index < -0.39 is 0 Å². The average molecular weight is 406 g/mol. The van der Waals surface area contributed by atoms with Gasteiger partial charge in [0, 0.05) is 18.5 Å². The second kappa shape index (κ2) is 8.95. The summed E-state index contributed by atoms with van der Waals surface area (Å²) in [5.74, 6) is 1.62. The fourth-order valence-corrected chi connectivity index (χ4v) is 5.10. The molecule has 1 unspecified atom stereocenters. The number of piperidine rings is 1. The number of hydrogen-bond acceptors (Lipinski definition) is 4. The Kier molecular flexibility index (Phi) is 6.14. The molecule has 0 spiro atoms. The first-order chi connectivity index (χ1) is 14.1. The van der Waals surface area contributed by atoms with Crippen LogP contribution in [-0.4, -0.2) is 39.1 Å². The van der Waals surface area contributed by atoms with Crippen molar-refractivity contribution >= 4 is 28.6 Å². The van der Waals surface area contributed by atoms with Gasteiger partial charge in [-0.3, -0.25) is 4.79 Å². The van der Waals surface area contributed by atoms with Gasteiger partial charge in [-0.15, -0.1) is 0 Å². The first-order valence-corrected chi connectivity index (χ1v) is 11.2. The SMILES string of the molecule is Cc1nc(SC(C)C(=O)N2CCC(Cc3ccccc3)CC2)c2ccccc2n1. The van der Waals surface area contributed by atoms with E-state index in [1.807, 2.05) is 43.0 Å². The molecule has 0 bridgehead atoms. The Morgan fingerprint density at radius 2 is 1.76 bits per heavy atom. The number of hydrogen-bond donors (Lipinski definition) is 0. The molecule has 2 aromatic carbocycles. The van der Waals surface area contributed by atoms with Crippen molar-refractivity contribution in [2.45, 2.75) is 43.4 Å². The Morgan fingerprint density at radius 3 is 2.52 bits per heavy atom. The Labute approximate surface area is 176 Å². The molecule has 1 saturated heterocycles. The van der Waals surface area contributed by atoms with Gasteiger partial charge in [0.05, 0.1) is 10.8 Å². The van der Waals surface area contributed by atoms with Crippen LogP contribution in [0.1, 0.15) is 31.2 Å². The van der Waals surface area contributed by atoms with E-state index in [-0.39, 0.29) is 11.2 Å². The van der Waals surface area contributed by atoms with Crippen LogP contribution in [0.3, 0.4) is 0 Å². The predicted octanol–water partition coefficient (Wildman–Crippen LogP) is 4.90. The van der Waals surface area contributed by atoms with Gasteiger partial charge < -0.3 is 4.90 Å². The zero-order valence-electron chi connectivity index (χ0n) is 17.0. The van der Waals surface area contributed by atoms with Gasteiger partial charge in [-0.1, -0.05) is 60.3 Å². The van der Waals surface area contributed by atoms with Crippen LogP contribution >= 0.6 is 11.8 Å². The van der Waals surface area contributed by atoms with E-state index in [0.29, 0.717) is 5.92 Å². The maximum absolute atomic E-state index is 13.1. The Bertz CT molecular complexity index is 984. The molecule has 4 nitrogen and oxygen atoms in total. The van der Waals surface area contributed by atoms with E-state index in [4.69, 9.17) is 0 Å². The van der Waals surface area contributed by atoms with E-state index in [0.717, 1.165) is 54.1 Å². The second-order valence-electron chi connectivity index (χ2n) is 7.81. The summed E-state index contributed by atoms with van der Waals surface area (Å²) < 4.78 is 0. The minimum atomic E-state index is -0.154. The van der Waals surface area contributed by atoms with Crippen molar-refractivity contribution < 1.29 is 4.79 Å². The van der Waals surface area contributed by atoms with Gasteiger partial charge in [0.2, 0.25) is 5.91 Å². The summed E-state index contributed by atoms with van der Waals surface area (Å²) in [6, 6.07) is 18.7. The molecule has 3 aromatic rings. The largest absolute Gasteiger partial charge is 0.342 e. The fourth-order valence-electron chi connectivity index (χ4n) is 4.03. The molecule has 0 N–H and O–H groups in total. The predicted molar refractivity (Wildman–Crippen MR) is 119 cm³/mol. The smallest absolute Gasteiger partial charge is 0.235 e. The zero-order chi connectivity index (χ0) is 20.2. The van der Waals surface area contributed by atoms with E-state index in [1.165, 1.54) is 5.56 Å². The number of nitrogens with zero attached hydrogens (tertiary/aromatic N) is 3. The third kappa shape index (κ3) is 4.78. The van der Waals surface area contributed by atoms with E-state index in [9.17, 15) is 4.79 Å². The highest BCUT2D eigenvalue weighted by Crippen LogP contribution is 2.30. The van der Waals surface area contributed by atoms with Crippen molar-refractivity contribution in [3.8, 4) is 0 Å². The number of para-hydroxylation sites is 1. The van der Waals surface area contributed by atoms with Crippen LogP contribution in [0.25, 0.3) is 10.9 Å². The minimum absolute atomic E-state index is 0.154. The number of carbonyl (C=O) groups is 1. The van der Waals surface area contributed by atoms with Crippen LogP contribution in [0.2, 0.25) is 0 Å². The van der Waals surface area contributed by atoms with Crippen molar-refractivity contribution in [2.24, 2.45) is 5.92 Å². The molecule has 1 atom stereocenters. The van der Waals surface area contributed by atoms with Crippen LogP contribution in [0.5, 0.6) is 0 Å². The number of thioether (sulfide) groups is 1. The monoisotopic (exact) mass is 405 g/mol. The standard InChI is InChI=1S/C24H27N3OS/c1-17(29-23-21-10-6-7-11-22(21)25-18(2)26-23)24(28)27-14-12-20(13-15-27)16-19-8-4-3-5-9-19/h3-11,17,20H,12-16H2,1-2H3. The summed E-state index contributed by atoms with van der Waals surface area (Å²) in [5, 5.41) is 1.76. The Morgan fingerprint density at radius 1 is 1.07 bits per heavy atom. The molecule has 2 heterocycles. The summed E-state index contributed by atoms with van der Waals surface area (Å²) >= 11 is 1.55. The highest BCUT2D eigenvalue weighted by atomic mass is 32.2. The van der Waals surface area contributed by atoms with Crippen molar-refractivity contribution in [1.82, 2.24) is 14.9 Å². The molecule has 1 amide bonds. The number of rotatable bonds is 5. The highest BCUT2D eigenvalue weighted by Gasteiger charge is 2.27. The van der Waals surface area contributed by atoms with Crippen molar-refractivity contribution in [2.75, 3.05) is 13.1 Å². The third-order valence-corrected chi connectivity index (χ3v) is 6.70. The summed E-state index contributed by atoms with van der Waals surface area (Å²) in [7, 11) is 0. The van der Waals surface area contributed by atoms with Crippen LogP contribution in [0, 0.1) is 12.8 Å². The van der Waals surface area contributed by atoms with Gasteiger partial charge in [0.25, 0.3) is 0 Å². The van der Waals surface area contributed by atoms with Gasteiger partial charge >= 0.3 is 0 Å². The van der Waals surface area contributed by atoms with E-state index in [1.54, 1.807) is 11.8 Å². The number of aromatic nitrogens is 2. The maximum atomic E-state index is 13.1. The summed E-state index contributed by atoms with van der Waals surface area (Å²) in [4.78, 5) is 24.2. The second-order valence-corrected chi connectivity index (χ2v) is 9.14. The summed E-state index contributed by atoms with van der Waals surface area (Å²) in [6.45, 7) is 5.60. The highest BCUT2D eigenvalue weighted by molar-refractivity contribution is 8.00. The number of likely N-dealkylation sites (tertiary alicyclic amines) is 1. The van der Waals surface area contributed by atoms with Gasteiger partial charge in [-0.25, -0.2) is 9.97 Å². The molecular weight excluding hydrogens is 378 g/mol. The van der Waals surface area contributed by atoms with Crippen LogP contribution < -0.4 is 0 Å². The first-order valence-electron chi connectivity index (χ1n) is 10.3. The lowest BCUT2D eigenvalue weighted by atomic mass is 9.90. The van der Waals surface area contributed by atoms with Crippen LogP contribution in [0.4, 0.5) is 0 Å². The number of benzene rings is 2. The summed E-state index contributed by atoms with van der Waals surface area (Å²) in [5.41, 5.74) is 2.33. The number of fused-ring (bicyclic) bond motifs is 1. The molecule has 1 aliphatic heterocycles. The molecule has 1 aromatic heterocycles. The lowest BCUT2D eigenvalue weighted by molar-refractivity contribution is -0.131. The van der Waals surface area contributed by atoms with Crippen molar-refractivity contribution in [3.05, 3.63) is 66.0 Å². The van der Waals surface area contributed by atoms with Gasteiger partial charge in [0.1, 0.15) is 10.9 Å². The van der Waals surface area contributed by atoms with Crippen molar-refractivity contribution in [1.29, 1.82) is 0 Å². The number of aryl methyl sites for hydroxylation is 1. The number of carbonyl (C=O) groups excluding carboxylic acids is 1. The topological polar surface area (TPSA) is 46.1 Å². The fraction of sp³-hybridized carbons (Fsp3) is 0.375. The average Bonchev–Trinajstić information content (AvgIpc) is 2.74. The molecule has 150 valence electrons. The van der Waals surface area contributed by atoms with E-state index >= 15 is 0 Å². The van der Waals surface area contributed by atoms with Crippen LogP contribution in [-0.2, 0) is 11.2 Å². The quantitative estimate of drug-likeness (QED) is 0.447. The molecule has 29 heavy (non-hydrogen) atoms. The lowest BCUT2D eigenvalue weighted by Crippen LogP contribution is -2.42. The van der Waals surface area contributed by atoms with Crippen molar-refractivity contribution in [3.63, 3.8) is 0 Å². The molecule has 0 radical (unpaired) electrons. The Balaban J connectivity index is 1.37. The first kappa shape index (κ1) is 19.9. The van der Waals surface area contributed by atoms with E-state index in [2.05, 4.69) is 40.3 Å². The molecule has 4 rings (SSSR count). The minimum Gasteiger partial charge on any atom is -0.342 e. The molecule has 0 saturated carbocycles. The molecule has 1 fully saturated rings. The lowest BCUT2D eigenvalue weighted by Gasteiger charge is -2.33. The molecule has 0 aliphatic carbocycles. The van der Waals surface area contributed by atoms with Gasteiger partial charge in [-0.2, -0.15) is 0 Å². The molecule has 5 heteroatoms.